The van der Waals surface area contributed by atoms with Crippen LogP contribution in [0.1, 0.15) is 39.9 Å². The summed E-state index contributed by atoms with van der Waals surface area (Å²) in [6.07, 6.45) is -1.34. The van der Waals surface area contributed by atoms with E-state index < -0.39 is 22.9 Å². The van der Waals surface area contributed by atoms with Crippen LogP contribution in [-0.2, 0) is 14.3 Å². The first-order chi connectivity index (χ1) is 13.2. The second-order valence-corrected chi connectivity index (χ2v) is 7.61. The number of nitrogens with one attached hydrogen (secondary N) is 1. The summed E-state index contributed by atoms with van der Waals surface area (Å²) in [7, 11) is 0. The zero-order valence-electron chi connectivity index (χ0n) is 15.7. The molecule has 0 unspecified atom stereocenters. The average molecular weight is 404 g/mol. The maximum absolute atomic E-state index is 12.2. The number of para-hydroxylation sites is 2. The average Bonchev–Trinajstić information content (AvgIpc) is 2.98. The number of Topliss-reactive ketones (excluding diaryl/α,β-unsaturated/α-hetero) is 1. The Hall–Kier alpha value is -3.07. The van der Waals surface area contributed by atoms with Crippen molar-refractivity contribution in [2.24, 2.45) is 0 Å². The Labute approximate surface area is 165 Å². The number of nitrogens with zero attached hydrogens (tertiary/aromatic N) is 1. The van der Waals surface area contributed by atoms with Crippen molar-refractivity contribution in [3.63, 3.8) is 0 Å². The molecule has 8 nitrogen and oxygen atoms in total. The Morgan fingerprint density at radius 3 is 2.50 bits per heavy atom. The highest BCUT2D eigenvalue weighted by atomic mass is 32.1. The second-order valence-electron chi connectivity index (χ2n) is 6.15. The molecule has 0 aliphatic heterocycles. The van der Waals surface area contributed by atoms with Gasteiger partial charge < -0.3 is 10.1 Å². The molecule has 1 N–H and O–H groups in total. The number of aryl methyl sites for hydroxylation is 2. The standard InChI is InChI=1S/C19H20N2O6S/c1-11-10-14(13(3)28-11)17(22)8-9-18(23)27-12(2)19(24)20-15-6-4-5-7-16(15)21(25)26/h4-7,10,12H,8-9H2,1-3H3,(H,20,24)/t12-/m1/s1. The molecule has 2 aromatic rings. The van der Waals surface area contributed by atoms with Crippen LogP contribution in [0, 0.1) is 24.0 Å². The predicted octanol–water partition coefficient (Wildman–Crippen LogP) is 3.81. The second kappa shape index (κ2) is 9.23. The fourth-order valence-corrected chi connectivity index (χ4v) is 3.48. The van der Waals surface area contributed by atoms with Crippen molar-refractivity contribution in [3.8, 4) is 0 Å². The van der Waals surface area contributed by atoms with E-state index in [4.69, 9.17) is 4.74 Å². The summed E-state index contributed by atoms with van der Waals surface area (Å²) >= 11 is 1.51. The maximum Gasteiger partial charge on any atom is 0.307 e. The zero-order chi connectivity index (χ0) is 20.8. The third kappa shape index (κ3) is 5.46. The van der Waals surface area contributed by atoms with Crippen molar-refractivity contribution in [2.75, 3.05) is 5.32 Å². The molecule has 1 aromatic carbocycles. The molecule has 28 heavy (non-hydrogen) atoms. The van der Waals surface area contributed by atoms with E-state index in [2.05, 4.69) is 5.32 Å². The summed E-state index contributed by atoms with van der Waals surface area (Å²) in [4.78, 5) is 48.6. The number of amides is 1. The first-order valence-corrected chi connectivity index (χ1v) is 9.34. The maximum atomic E-state index is 12.2. The number of anilines is 1. The van der Waals surface area contributed by atoms with E-state index in [1.54, 1.807) is 12.1 Å². The molecule has 0 spiro atoms. The van der Waals surface area contributed by atoms with Crippen molar-refractivity contribution in [1.29, 1.82) is 0 Å². The van der Waals surface area contributed by atoms with Crippen molar-refractivity contribution in [1.82, 2.24) is 0 Å². The fourth-order valence-electron chi connectivity index (χ4n) is 2.54. The molecule has 148 valence electrons. The quantitative estimate of drug-likeness (QED) is 0.310. The van der Waals surface area contributed by atoms with Gasteiger partial charge in [0.1, 0.15) is 5.69 Å². The molecule has 0 bridgehead atoms. The molecule has 0 radical (unpaired) electrons. The molecular formula is C19H20N2O6S. The van der Waals surface area contributed by atoms with Gasteiger partial charge in [-0.2, -0.15) is 0 Å². The smallest absolute Gasteiger partial charge is 0.307 e. The number of rotatable bonds is 8. The lowest BCUT2D eigenvalue weighted by atomic mass is 10.1. The van der Waals surface area contributed by atoms with Gasteiger partial charge in [-0.05, 0) is 32.9 Å². The number of benzene rings is 1. The number of carbonyl (C=O) groups excluding carboxylic acids is 3. The van der Waals surface area contributed by atoms with Crippen LogP contribution in [0.15, 0.2) is 30.3 Å². The SMILES string of the molecule is Cc1cc(C(=O)CCC(=O)O[C@H](C)C(=O)Nc2ccccc2[N+](=O)[O-])c(C)s1. The monoisotopic (exact) mass is 404 g/mol. The minimum atomic E-state index is -1.16. The number of thiophene rings is 1. The zero-order valence-corrected chi connectivity index (χ0v) is 16.5. The lowest BCUT2D eigenvalue weighted by Crippen LogP contribution is -2.30. The molecule has 2 rings (SSSR count). The molecule has 1 amide bonds. The van der Waals surface area contributed by atoms with Gasteiger partial charge in [-0.15, -0.1) is 11.3 Å². The summed E-state index contributed by atoms with van der Waals surface area (Å²) in [6.45, 7) is 5.11. The summed E-state index contributed by atoms with van der Waals surface area (Å²) in [5.74, 6) is -1.54. The van der Waals surface area contributed by atoms with Crippen LogP contribution in [0.2, 0.25) is 0 Å². The topological polar surface area (TPSA) is 116 Å². The molecule has 0 aliphatic rings. The molecule has 0 saturated heterocycles. The summed E-state index contributed by atoms with van der Waals surface area (Å²) in [6, 6.07) is 7.45. The predicted molar refractivity (Wildman–Crippen MR) is 105 cm³/mol. The number of nitro groups is 1. The Balaban J connectivity index is 1.88. The van der Waals surface area contributed by atoms with Crippen LogP contribution in [0.5, 0.6) is 0 Å². The van der Waals surface area contributed by atoms with E-state index >= 15 is 0 Å². The molecule has 1 atom stereocenters. The first-order valence-electron chi connectivity index (χ1n) is 8.53. The highest BCUT2D eigenvalue weighted by Gasteiger charge is 2.22. The van der Waals surface area contributed by atoms with Gasteiger partial charge in [0.05, 0.1) is 11.3 Å². The summed E-state index contributed by atoms with van der Waals surface area (Å²) < 4.78 is 5.04. The third-order valence-electron chi connectivity index (χ3n) is 3.93. The molecular weight excluding hydrogens is 384 g/mol. The number of esters is 1. The van der Waals surface area contributed by atoms with Crippen LogP contribution in [0.25, 0.3) is 0 Å². The van der Waals surface area contributed by atoms with E-state index in [9.17, 15) is 24.5 Å². The van der Waals surface area contributed by atoms with E-state index in [-0.39, 0.29) is 30.0 Å². The number of nitro benzene ring substituents is 1. The Morgan fingerprint density at radius 1 is 1.21 bits per heavy atom. The Kier molecular flexibility index (Phi) is 7.00. The molecule has 9 heteroatoms. The van der Waals surface area contributed by atoms with Crippen LogP contribution < -0.4 is 5.32 Å². The lowest BCUT2D eigenvalue weighted by Gasteiger charge is -2.13. The number of ketones is 1. The fraction of sp³-hybridized carbons (Fsp3) is 0.316. The molecule has 0 aliphatic carbocycles. The van der Waals surface area contributed by atoms with Gasteiger partial charge in [-0.25, -0.2) is 0 Å². The number of carbonyl (C=O) groups is 3. The minimum absolute atomic E-state index is 0.0129. The first kappa shape index (κ1) is 21.2. The van der Waals surface area contributed by atoms with Crippen LogP contribution >= 0.6 is 11.3 Å². The molecule has 1 heterocycles. The Bertz CT molecular complexity index is 921. The van der Waals surface area contributed by atoms with E-state index in [0.29, 0.717) is 5.56 Å². The van der Waals surface area contributed by atoms with E-state index in [1.165, 1.54) is 36.5 Å². The van der Waals surface area contributed by atoms with Gasteiger partial charge in [0.15, 0.2) is 11.9 Å². The highest BCUT2D eigenvalue weighted by molar-refractivity contribution is 7.12. The van der Waals surface area contributed by atoms with Gasteiger partial charge in [0.2, 0.25) is 0 Å². The van der Waals surface area contributed by atoms with Gasteiger partial charge in [0, 0.05) is 27.8 Å². The van der Waals surface area contributed by atoms with Gasteiger partial charge in [-0.3, -0.25) is 24.5 Å². The number of ether oxygens (including phenoxy) is 1. The number of hydrogen-bond acceptors (Lipinski definition) is 7. The van der Waals surface area contributed by atoms with Crippen LogP contribution in [-0.4, -0.2) is 28.7 Å². The van der Waals surface area contributed by atoms with Gasteiger partial charge in [-0.1, -0.05) is 12.1 Å². The minimum Gasteiger partial charge on any atom is -0.453 e. The lowest BCUT2D eigenvalue weighted by molar-refractivity contribution is -0.383. The summed E-state index contributed by atoms with van der Waals surface area (Å²) in [5.41, 5.74) is 0.345. The van der Waals surface area contributed by atoms with E-state index in [0.717, 1.165) is 9.75 Å². The highest BCUT2D eigenvalue weighted by Crippen LogP contribution is 2.24. The Morgan fingerprint density at radius 2 is 1.89 bits per heavy atom. The number of hydrogen-bond donors (Lipinski definition) is 1. The largest absolute Gasteiger partial charge is 0.453 e. The summed E-state index contributed by atoms with van der Waals surface area (Å²) in [5, 5.41) is 13.4. The van der Waals surface area contributed by atoms with E-state index in [1.807, 2.05) is 13.8 Å². The van der Waals surface area contributed by atoms with Gasteiger partial charge in [0.25, 0.3) is 11.6 Å². The van der Waals surface area contributed by atoms with Crippen LogP contribution in [0.4, 0.5) is 11.4 Å². The van der Waals surface area contributed by atoms with Crippen molar-refractivity contribution in [3.05, 3.63) is 55.8 Å². The molecule has 0 fully saturated rings. The molecule has 0 saturated carbocycles. The molecule has 1 aromatic heterocycles. The van der Waals surface area contributed by atoms with Gasteiger partial charge >= 0.3 is 5.97 Å². The van der Waals surface area contributed by atoms with Crippen molar-refractivity contribution >= 4 is 40.4 Å². The third-order valence-corrected chi connectivity index (χ3v) is 4.90. The van der Waals surface area contributed by atoms with Crippen LogP contribution in [0.3, 0.4) is 0 Å². The van der Waals surface area contributed by atoms with Crippen molar-refractivity contribution < 1.29 is 24.0 Å². The van der Waals surface area contributed by atoms with Crippen molar-refractivity contribution in [2.45, 2.75) is 39.7 Å². The normalized spacial score (nSPS) is 11.5.